The number of para-hydroxylation sites is 1. The molecule has 112 valence electrons. The molecule has 2 rings (SSSR count). The van der Waals surface area contributed by atoms with Crippen molar-refractivity contribution in [3.63, 3.8) is 0 Å². The van der Waals surface area contributed by atoms with E-state index in [4.69, 9.17) is 5.11 Å². The van der Waals surface area contributed by atoms with E-state index in [1.165, 1.54) is 0 Å². The zero-order valence-electron chi connectivity index (χ0n) is 12.2. The molecule has 2 N–H and O–H groups in total. The van der Waals surface area contributed by atoms with E-state index in [2.05, 4.69) is 5.32 Å². The molecule has 0 radical (unpaired) electrons. The summed E-state index contributed by atoms with van der Waals surface area (Å²) in [5.74, 6) is -0.914. The highest BCUT2D eigenvalue weighted by atomic mass is 16.4. The van der Waals surface area contributed by atoms with Crippen molar-refractivity contribution in [2.45, 2.75) is 6.92 Å². The van der Waals surface area contributed by atoms with Gasteiger partial charge in [-0.2, -0.15) is 0 Å². The van der Waals surface area contributed by atoms with E-state index in [-0.39, 0.29) is 6.54 Å². The predicted molar refractivity (Wildman–Crippen MR) is 87.9 cm³/mol. The van der Waals surface area contributed by atoms with Gasteiger partial charge in [0.2, 0.25) is 0 Å². The third-order valence-electron chi connectivity index (χ3n) is 3.28. The van der Waals surface area contributed by atoms with Gasteiger partial charge in [0.15, 0.2) is 6.29 Å². The molecule has 2 aromatic carbocycles. The van der Waals surface area contributed by atoms with Gasteiger partial charge in [-0.1, -0.05) is 48.5 Å². The van der Waals surface area contributed by atoms with Crippen molar-refractivity contribution >= 4 is 29.6 Å². The number of allylic oxidation sites excluding steroid dienone is 1. The number of benzene rings is 2. The smallest absolute Gasteiger partial charge is 0.322 e. The summed E-state index contributed by atoms with van der Waals surface area (Å²) in [7, 11) is 0. The van der Waals surface area contributed by atoms with Crippen molar-refractivity contribution < 1.29 is 14.7 Å². The Labute approximate surface area is 129 Å². The normalized spacial score (nSPS) is 11.0. The first-order chi connectivity index (χ1) is 10.6. The number of hydrogen-bond donors (Lipinski definition) is 2. The maximum atomic E-state index is 11.1. The van der Waals surface area contributed by atoms with E-state index < -0.39 is 5.97 Å². The van der Waals surface area contributed by atoms with Crippen molar-refractivity contribution in [3.8, 4) is 0 Å². The summed E-state index contributed by atoms with van der Waals surface area (Å²) in [5, 5.41) is 11.7. The van der Waals surface area contributed by atoms with E-state index >= 15 is 0 Å². The van der Waals surface area contributed by atoms with Gasteiger partial charge in [-0.25, -0.2) is 0 Å². The van der Waals surface area contributed by atoms with Crippen LogP contribution in [0.1, 0.15) is 28.4 Å². The summed E-state index contributed by atoms with van der Waals surface area (Å²) >= 11 is 0. The number of carbonyl (C=O) groups excluding carboxylic acids is 1. The lowest BCUT2D eigenvalue weighted by Crippen LogP contribution is -2.13. The summed E-state index contributed by atoms with van der Waals surface area (Å²) in [6.07, 6.45) is 2.75. The van der Waals surface area contributed by atoms with Crippen LogP contribution in [0, 0.1) is 0 Å². The first-order valence-electron chi connectivity index (χ1n) is 6.89. The topological polar surface area (TPSA) is 66.4 Å². The van der Waals surface area contributed by atoms with Gasteiger partial charge in [0, 0.05) is 16.8 Å². The van der Waals surface area contributed by atoms with Crippen LogP contribution in [0.5, 0.6) is 0 Å². The molecule has 4 nitrogen and oxygen atoms in total. The molecule has 22 heavy (non-hydrogen) atoms. The van der Waals surface area contributed by atoms with Gasteiger partial charge in [0.25, 0.3) is 0 Å². The van der Waals surface area contributed by atoms with Gasteiger partial charge in [0.05, 0.1) is 0 Å². The Kier molecular flexibility index (Phi) is 5.09. The minimum atomic E-state index is -0.914. The maximum Gasteiger partial charge on any atom is 0.322 e. The second kappa shape index (κ2) is 7.22. The van der Waals surface area contributed by atoms with Gasteiger partial charge in [-0.15, -0.1) is 0 Å². The zero-order chi connectivity index (χ0) is 15.9. The van der Waals surface area contributed by atoms with Crippen molar-refractivity contribution in [3.05, 3.63) is 65.2 Å². The average molecular weight is 295 g/mol. The number of rotatable bonds is 6. The summed E-state index contributed by atoms with van der Waals surface area (Å²) in [6.45, 7) is 1.79. The molecule has 0 bridgehead atoms. The molecule has 0 saturated carbocycles. The first-order valence-corrected chi connectivity index (χ1v) is 6.89. The third kappa shape index (κ3) is 3.82. The van der Waals surface area contributed by atoms with Crippen molar-refractivity contribution in [2.24, 2.45) is 0 Å². The second-order valence-corrected chi connectivity index (χ2v) is 4.87. The largest absolute Gasteiger partial charge is 0.480 e. The molecule has 0 aliphatic carbocycles. The third-order valence-corrected chi connectivity index (χ3v) is 3.28. The lowest BCUT2D eigenvalue weighted by Gasteiger charge is -2.11. The van der Waals surface area contributed by atoms with E-state index in [1.807, 2.05) is 55.5 Å². The molecule has 2 aromatic rings. The minimum Gasteiger partial charge on any atom is -0.480 e. The summed E-state index contributed by atoms with van der Waals surface area (Å²) < 4.78 is 0. The quantitative estimate of drug-likeness (QED) is 0.631. The molecular weight excluding hydrogens is 278 g/mol. The summed E-state index contributed by atoms with van der Waals surface area (Å²) in [4.78, 5) is 21.8. The SMILES string of the molecule is C/C(=C/c1ccccc1C=O)c1ccccc1NCC(=O)O. The number of anilines is 1. The Morgan fingerprint density at radius 3 is 2.41 bits per heavy atom. The number of hydrogen-bond acceptors (Lipinski definition) is 3. The Balaban J connectivity index is 2.36. The van der Waals surface area contributed by atoms with Gasteiger partial charge in [-0.3, -0.25) is 9.59 Å². The highest BCUT2D eigenvalue weighted by Gasteiger charge is 2.06. The lowest BCUT2D eigenvalue weighted by atomic mass is 10.00. The van der Waals surface area contributed by atoms with Crippen LogP contribution in [0.4, 0.5) is 5.69 Å². The van der Waals surface area contributed by atoms with Gasteiger partial charge >= 0.3 is 5.97 Å². The first kappa shape index (κ1) is 15.5. The van der Waals surface area contributed by atoms with Crippen LogP contribution in [0.15, 0.2) is 48.5 Å². The van der Waals surface area contributed by atoms with Crippen LogP contribution >= 0.6 is 0 Å². The number of carboxylic acids is 1. The van der Waals surface area contributed by atoms with E-state index in [0.717, 1.165) is 28.7 Å². The molecular formula is C18H17NO3. The molecule has 0 aliphatic rings. The fraction of sp³-hybridized carbons (Fsp3) is 0.111. The highest BCUT2D eigenvalue weighted by Crippen LogP contribution is 2.26. The molecule has 4 heteroatoms. The van der Waals surface area contributed by atoms with Crippen LogP contribution in [0.3, 0.4) is 0 Å². The van der Waals surface area contributed by atoms with Gasteiger partial charge in [0.1, 0.15) is 6.54 Å². The number of aldehydes is 1. The van der Waals surface area contributed by atoms with E-state index in [1.54, 1.807) is 6.07 Å². The maximum absolute atomic E-state index is 11.1. The number of carboxylic acid groups (broad SMARTS) is 1. The number of nitrogens with one attached hydrogen (secondary N) is 1. The van der Waals surface area contributed by atoms with Gasteiger partial charge in [-0.05, 0) is 24.1 Å². The standard InChI is InChI=1S/C18H17NO3/c1-13(10-14-6-2-3-7-15(14)12-20)16-8-4-5-9-17(16)19-11-18(21)22/h2-10,12,19H,11H2,1H3,(H,21,22)/b13-10-. The molecule has 0 saturated heterocycles. The average Bonchev–Trinajstić information content (AvgIpc) is 2.53. The predicted octanol–water partition coefficient (Wildman–Crippen LogP) is 3.56. The molecule has 0 amide bonds. The Hall–Kier alpha value is -2.88. The van der Waals surface area contributed by atoms with Crippen LogP contribution in [-0.4, -0.2) is 23.9 Å². The van der Waals surface area contributed by atoms with E-state index in [0.29, 0.717) is 5.56 Å². The zero-order valence-corrected chi connectivity index (χ0v) is 12.2. The minimum absolute atomic E-state index is 0.144. The van der Waals surface area contributed by atoms with Crippen molar-refractivity contribution in [1.29, 1.82) is 0 Å². The fourth-order valence-corrected chi connectivity index (χ4v) is 2.21. The monoisotopic (exact) mass is 295 g/mol. The van der Waals surface area contributed by atoms with Gasteiger partial charge < -0.3 is 10.4 Å². The van der Waals surface area contributed by atoms with Crippen molar-refractivity contribution in [1.82, 2.24) is 0 Å². The molecule has 0 fully saturated rings. The number of aliphatic carboxylic acids is 1. The van der Waals surface area contributed by atoms with Crippen LogP contribution in [-0.2, 0) is 4.79 Å². The molecule has 0 aliphatic heterocycles. The molecule has 0 unspecified atom stereocenters. The van der Waals surface area contributed by atoms with Crippen LogP contribution < -0.4 is 5.32 Å². The summed E-state index contributed by atoms with van der Waals surface area (Å²) in [5.41, 5.74) is 4.07. The second-order valence-electron chi connectivity index (χ2n) is 4.87. The molecule has 0 aromatic heterocycles. The molecule has 0 atom stereocenters. The van der Waals surface area contributed by atoms with E-state index in [9.17, 15) is 9.59 Å². The lowest BCUT2D eigenvalue weighted by molar-refractivity contribution is -0.134. The van der Waals surface area contributed by atoms with Crippen LogP contribution in [0.25, 0.3) is 11.6 Å². The summed E-state index contributed by atoms with van der Waals surface area (Å²) in [6, 6.07) is 14.8. The number of carbonyl (C=O) groups is 2. The Morgan fingerprint density at radius 2 is 1.73 bits per heavy atom. The Morgan fingerprint density at radius 1 is 1.09 bits per heavy atom. The molecule has 0 spiro atoms. The highest BCUT2D eigenvalue weighted by molar-refractivity contribution is 5.91. The fourth-order valence-electron chi connectivity index (χ4n) is 2.21. The van der Waals surface area contributed by atoms with Crippen molar-refractivity contribution in [2.75, 3.05) is 11.9 Å². The Bertz CT molecular complexity index is 720. The molecule has 0 heterocycles. The van der Waals surface area contributed by atoms with Crippen LogP contribution in [0.2, 0.25) is 0 Å².